The average Bonchev–Trinajstić information content (AvgIpc) is 2.34. The SMILES string of the molecule is COc1ccc(CN2C(=O)CCCC2=O)cc1Cl. The van der Waals surface area contributed by atoms with Gasteiger partial charge >= 0.3 is 0 Å². The highest BCUT2D eigenvalue weighted by Gasteiger charge is 2.25. The van der Waals surface area contributed by atoms with Gasteiger partial charge in [0.1, 0.15) is 5.75 Å². The Balaban J connectivity index is 2.15. The Morgan fingerprint density at radius 1 is 1.28 bits per heavy atom. The molecule has 0 radical (unpaired) electrons. The van der Waals surface area contributed by atoms with Gasteiger partial charge in [-0.05, 0) is 24.1 Å². The molecule has 1 saturated heterocycles. The molecule has 1 aromatic carbocycles. The molecule has 0 aliphatic carbocycles. The van der Waals surface area contributed by atoms with Crippen molar-refractivity contribution < 1.29 is 14.3 Å². The monoisotopic (exact) mass is 267 g/mol. The number of carbonyl (C=O) groups excluding carboxylic acids is 2. The second kappa shape index (κ2) is 5.40. The van der Waals surface area contributed by atoms with E-state index in [0.29, 0.717) is 30.0 Å². The first-order chi connectivity index (χ1) is 8.61. The predicted octanol–water partition coefficient (Wildman–Crippen LogP) is 2.39. The van der Waals surface area contributed by atoms with Crippen LogP contribution in [-0.2, 0) is 16.1 Å². The van der Waals surface area contributed by atoms with Gasteiger partial charge in [-0.15, -0.1) is 0 Å². The van der Waals surface area contributed by atoms with E-state index in [2.05, 4.69) is 0 Å². The van der Waals surface area contributed by atoms with Crippen LogP contribution >= 0.6 is 11.6 Å². The summed E-state index contributed by atoms with van der Waals surface area (Å²) >= 11 is 6.01. The molecule has 0 spiro atoms. The van der Waals surface area contributed by atoms with Crippen LogP contribution in [0.5, 0.6) is 5.75 Å². The topological polar surface area (TPSA) is 46.6 Å². The first-order valence-corrected chi connectivity index (χ1v) is 6.15. The van der Waals surface area contributed by atoms with Gasteiger partial charge in [-0.1, -0.05) is 17.7 Å². The van der Waals surface area contributed by atoms with Crippen LogP contribution in [-0.4, -0.2) is 23.8 Å². The highest BCUT2D eigenvalue weighted by atomic mass is 35.5. The van der Waals surface area contributed by atoms with E-state index in [1.54, 1.807) is 25.3 Å². The van der Waals surface area contributed by atoms with E-state index >= 15 is 0 Å². The normalized spacial score (nSPS) is 16.0. The van der Waals surface area contributed by atoms with Crippen molar-refractivity contribution in [3.63, 3.8) is 0 Å². The first kappa shape index (κ1) is 12.9. The van der Waals surface area contributed by atoms with Crippen molar-refractivity contribution >= 4 is 23.4 Å². The number of halogens is 1. The number of ether oxygens (including phenoxy) is 1. The molecule has 18 heavy (non-hydrogen) atoms. The lowest BCUT2D eigenvalue weighted by Crippen LogP contribution is -2.39. The Morgan fingerprint density at radius 2 is 1.94 bits per heavy atom. The molecule has 96 valence electrons. The third-order valence-electron chi connectivity index (χ3n) is 2.94. The van der Waals surface area contributed by atoms with Gasteiger partial charge in [-0.2, -0.15) is 0 Å². The number of hydrogen-bond acceptors (Lipinski definition) is 3. The van der Waals surface area contributed by atoms with Gasteiger partial charge < -0.3 is 4.74 Å². The summed E-state index contributed by atoms with van der Waals surface area (Å²) in [6.45, 7) is 0.279. The van der Waals surface area contributed by atoms with Crippen molar-refractivity contribution in [2.45, 2.75) is 25.8 Å². The zero-order valence-corrected chi connectivity index (χ0v) is 10.9. The summed E-state index contributed by atoms with van der Waals surface area (Å²) in [5.41, 5.74) is 0.824. The molecule has 1 aliphatic rings. The molecule has 1 aromatic rings. The highest BCUT2D eigenvalue weighted by Crippen LogP contribution is 2.26. The van der Waals surface area contributed by atoms with Crippen molar-refractivity contribution in [2.24, 2.45) is 0 Å². The van der Waals surface area contributed by atoms with Gasteiger partial charge in [0, 0.05) is 12.8 Å². The second-order valence-corrected chi connectivity index (χ2v) is 4.60. The number of imide groups is 1. The zero-order valence-electron chi connectivity index (χ0n) is 10.1. The maximum absolute atomic E-state index is 11.7. The van der Waals surface area contributed by atoms with E-state index in [1.165, 1.54) is 4.90 Å². The van der Waals surface area contributed by atoms with Crippen molar-refractivity contribution in [1.29, 1.82) is 0 Å². The minimum atomic E-state index is -0.113. The van der Waals surface area contributed by atoms with Gasteiger partial charge in [-0.3, -0.25) is 14.5 Å². The minimum absolute atomic E-state index is 0.113. The minimum Gasteiger partial charge on any atom is -0.495 e. The van der Waals surface area contributed by atoms with E-state index in [0.717, 1.165) is 5.56 Å². The number of carbonyl (C=O) groups is 2. The number of benzene rings is 1. The van der Waals surface area contributed by atoms with Gasteiger partial charge in [0.05, 0.1) is 18.7 Å². The highest BCUT2D eigenvalue weighted by molar-refractivity contribution is 6.32. The lowest BCUT2D eigenvalue weighted by Gasteiger charge is -2.25. The van der Waals surface area contributed by atoms with Crippen LogP contribution in [0.4, 0.5) is 0 Å². The Kier molecular flexibility index (Phi) is 3.87. The third kappa shape index (κ3) is 2.64. The van der Waals surface area contributed by atoms with Crippen LogP contribution in [0.3, 0.4) is 0 Å². The molecule has 0 atom stereocenters. The number of nitrogens with zero attached hydrogens (tertiary/aromatic N) is 1. The molecule has 0 bridgehead atoms. The van der Waals surface area contributed by atoms with E-state index in [1.807, 2.05) is 0 Å². The largest absolute Gasteiger partial charge is 0.495 e. The fourth-order valence-corrected chi connectivity index (χ4v) is 2.25. The number of likely N-dealkylation sites (tertiary alicyclic amines) is 1. The maximum Gasteiger partial charge on any atom is 0.229 e. The van der Waals surface area contributed by atoms with Crippen LogP contribution in [0.15, 0.2) is 18.2 Å². The molecule has 1 heterocycles. The molecule has 0 unspecified atom stereocenters. The Bertz CT molecular complexity index is 471. The summed E-state index contributed by atoms with van der Waals surface area (Å²) in [5.74, 6) is 0.355. The number of hydrogen-bond donors (Lipinski definition) is 0. The summed E-state index contributed by atoms with van der Waals surface area (Å²) in [4.78, 5) is 24.6. The average molecular weight is 268 g/mol. The quantitative estimate of drug-likeness (QED) is 0.790. The summed E-state index contributed by atoms with van der Waals surface area (Å²) in [5, 5.41) is 0.479. The van der Waals surface area contributed by atoms with Gasteiger partial charge in [0.2, 0.25) is 11.8 Å². The van der Waals surface area contributed by atoms with Gasteiger partial charge in [-0.25, -0.2) is 0 Å². The van der Waals surface area contributed by atoms with Crippen LogP contribution < -0.4 is 4.74 Å². The van der Waals surface area contributed by atoms with E-state index < -0.39 is 0 Å². The fraction of sp³-hybridized carbons (Fsp3) is 0.385. The molecule has 1 aliphatic heterocycles. The molecule has 0 saturated carbocycles. The summed E-state index contributed by atoms with van der Waals surface area (Å²) in [7, 11) is 1.54. The van der Waals surface area contributed by atoms with Crippen molar-refractivity contribution in [1.82, 2.24) is 4.90 Å². The van der Waals surface area contributed by atoms with E-state index in [4.69, 9.17) is 16.3 Å². The number of amides is 2. The van der Waals surface area contributed by atoms with Gasteiger partial charge in [0.15, 0.2) is 0 Å². The van der Waals surface area contributed by atoms with Crippen LogP contribution in [0.2, 0.25) is 5.02 Å². The molecule has 0 N–H and O–H groups in total. The van der Waals surface area contributed by atoms with Crippen LogP contribution in [0.1, 0.15) is 24.8 Å². The smallest absolute Gasteiger partial charge is 0.229 e. The molecule has 2 amide bonds. The van der Waals surface area contributed by atoms with E-state index in [-0.39, 0.29) is 18.4 Å². The Labute approximate surface area is 110 Å². The number of piperidine rings is 1. The Hall–Kier alpha value is -1.55. The Morgan fingerprint density at radius 3 is 2.50 bits per heavy atom. The van der Waals surface area contributed by atoms with Crippen molar-refractivity contribution in [3.05, 3.63) is 28.8 Å². The third-order valence-corrected chi connectivity index (χ3v) is 3.24. The standard InChI is InChI=1S/C13H14ClNO3/c1-18-11-6-5-9(7-10(11)14)8-15-12(16)3-2-4-13(15)17/h5-7H,2-4,8H2,1H3. The molecule has 0 aromatic heterocycles. The predicted molar refractivity (Wildman–Crippen MR) is 67.4 cm³/mol. The summed E-state index contributed by atoms with van der Waals surface area (Å²) in [6, 6.07) is 5.26. The van der Waals surface area contributed by atoms with Crippen LogP contribution in [0.25, 0.3) is 0 Å². The molecule has 5 heteroatoms. The molecule has 4 nitrogen and oxygen atoms in total. The zero-order chi connectivity index (χ0) is 13.1. The summed E-state index contributed by atoms with van der Waals surface area (Å²) in [6.07, 6.45) is 1.53. The molecule has 2 rings (SSSR count). The second-order valence-electron chi connectivity index (χ2n) is 4.20. The number of rotatable bonds is 3. The van der Waals surface area contributed by atoms with Gasteiger partial charge in [0.25, 0.3) is 0 Å². The van der Waals surface area contributed by atoms with E-state index in [9.17, 15) is 9.59 Å². The number of methoxy groups -OCH3 is 1. The molecular weight excluding hydrogens is 254 g/mol. The lowest BCUT2D eigenvalue weighted by atomic mass is 10.1. The first-order valence-electron chi connectivity index (χ1n) is 5.77. The van der Waals surface area contributed by atoms with Crippen molar-refractivity contribution in [2.75, 3.05) is 7.11 Å². The van der Waals surface area contributed by atoms with Crippen LogP contribution in [0, 0.1) is 0 Å². The maximum atomic E-state index is 11.7. The fourth-order valence-electron chi connectivity index (χ4n) is 1.97. The molecule has 1 fully saturated rings. The molecular formula is C13H14ClNO3. The summed E-state index contributed by atoms with van der Waals surface area (Å²) < 4.78 is 5.05. The van der Waals surface area contributed by atoms with Crippen molar-refractivity contribution in [3.8, 4) is 5.75 Å². The lowest BCUT2D eigenvalue weighted by molar-refractivity contribution is -0.148.